The molecule has 0 spiro atoms. The molecule has 0 aromatic heterocycles. The smallest absolute Gasteiger partial charge is 0.307 e. The van der Waals surface area contributed by atoms with E-state index in [1.54, 1.807) is 23.1 Å². The number of carboxylic acids is 1. The highest BCUT2D eigenvalue weighted by Crippen LogP contribution is 2.45. The molecule has 6 heteroatoms. The number of amides is 1. The number of halogens is 1. The van der Waals surface area contributed by atoms with Gasteiger partial charge >= 0.3 is 5.97 Å². The molecule has 1 N–H and O–H groups in total. The fourth-order valence-corrected chi connectivity index (χ4v) is 4.75. The Bertz CT molecular complexity index is 742. The SMILES string of the molecule is O=C(O)[C@@H]1[C@@H](C(=O)N2CCN(c3ccccc3F)CC2)[C@H]2C=C[C@H]1CC2. The molecule has 26 heavy (non-hydrogen) atoms. The van der Waals surface area contributed by atoms with Crippen LogP contribution in [0.3, 0.4) is 0 Å². The maximum atomic E-state index is 14.0. The number of nitrogens with zero attached hydrogens (tertiary/aromatic N) is 2. The van der Waals surface area contributed by atoms with Gasteiger partial charge in [0.2, 0.25) is 5.91 Å². The summed E-state index contributed by atoms with van der Waals surface area (Å²) in [6.07, 6.45) is 5.75. The van der Waals surface area contributed by atoms with Gasteiger partial charge in [0.1, 0.15) is 5.82 Å². The molecule has 3 aliphatic carbocycles. The highest BCUT2D eigenvalue weighted by atomic mass is 19.1. The fourth-order valence-electron chi connectivity index (χ4n) is 4.75. The quantitative estimate of drug-likeness (QED) is 0.843. The van der Waals surface area contributed by atoms with Crippen molar-refractivity contribution in [3.63, 3.8) is 0 Å². The van der Waals surface area contributed by atoms with Crippen LogP contribution in [-0.4, -0.2) is 48.1 Å². The van der Waals surface area contributed by atoms with Crippen LogP contribution in [0, 0.1) is 29.5 Å². The standard InChI is InChI=1S/C20H23FN2O3/c21-15-3-1-2-4-16(15)22-9-11-23(12-10-22)19(24)17-13-5-7-14(8-6-13)18(17)20(25)26/h1-5,7,13-14,17-18H,6,8-12H2,(H,25,26)/t13-,14-,17-,18-/m0/s1. The lowest BCUT2D eigenvalue weighted by Gasteiger charge is -2.45. The number of allylic oxidation sites excluding steroid dienone is 2. The molecule has 1 aliphatic heterocycles. The molecular weight excluding hydrogens is 335 g/mol. The van der Waals surface area contributed by atoms with Crippen LogP contribution in [0.25, 0.3) is 0 Å². The van der Waals surface area contributed by atoms with E-state index in [1.807, 2.05) is 17.1 Å². The molecule has 5 nitrogen and oxygen atoms in total. The molecule has 1 heterocycles. The van der Waals surface area contributed by atoms with Crippen molar-refractivity contribution in [1.82, 2.24) is 4.90 Å². The number of rotatable bonds is 3. The number of carbonyl (C=O) groups is 2. The molecule has 4 aliphatic rings. The maximum absolute atomic E-state index is 14.0. The van der Waals surface area contributed by atoms with Crippen molar-refractivity contribution in [2.45, 2.75) is 12.8 Å². The number of hydrogen-bond acceptors (Lipinski definition) is 3. The van der Waals surface area contributed by atoms with E-state index in [9.17, 15) is 19.1 Å². The first-order valence-electron chi connectivity index (χ1n) is 9.25. The van der Waals surface area contributed by atoms with Crippen LogP contribution in [0.15, 0.2) is 36.4 Å². The van der Waals surface area contributed by atoms with Crippen LogP contribution >= 0.6 is 0 Å². The van der Waals surface area contributed by atoms with Gasteiger partial charge in [0, 0.05) is 26.2 Å². The minimum Gasteiger partial charge on any atom is -0.481 e. The minimum atomic E-state index is -0.868. The lowest BCUT2D eigenvalue weighted by molar-refractivity contribution is -0.156. The Morgan fingerprint density at radius 1 is 0.962 bits per heavy atom. The van der Waals surface area contributed by atoms with Crippen LogP contribution in [0.5, 0.6) is 0 Å². The average Bonchev–Trinajstić information content (AvgIpc) is 2.68. The van der Waals surface area contributed by atoms with Gasteiger partial charge in [0.15, 0.2) is 0 Å². The van der Waals surface area contributed by atoms with E-state index in [-0.39, 0.29) is 23.6 Å². The minimum absolute atomic E-state index is 0.0261. The van der Waals surface area contributed by atoms with Crippen molar-refractivity contribution >= 4 is 17.6 Å². The largest absolute Gasteiger partial charge is 0.481 e. The fraction of sp³-hybridized carbons (Fsp3) is 0.500. The monoisotopic (exact) mass is 358 g/mol. The number of piperazine rings is 1. The van der Waals surface area contributed by atoms with Crippen LogP contribution in [0.2, 0.25) is 0 Å². The average molecular weight is 358 g/mol. The Morgan fingerprint density at radius 3 is 2.15 bits per heavy atom. The van der Waals surface area contributed by atoms with Gasteiger partial charge in [-0.05, 0) is 36.8 Å². The summed E-state index contributed by atoms with van der Waals surface area (Å²) in [4.78, 5) is 28.6. The van der Waals surface area contributed by atoms with Gasteiger partial charge in [-0.25, -0.2) is 4.39 Å². The number of carboxylic acid groups (broad SMARTS) is 1. The molecule has 2 bridgehead atoms. The van der Waals surface area contributed by atoms with Crippen molar-refractivity contribution < 1.29 is 19.1 Å². The molecule has 2 fully saturated rings. The van der Waals surface area contributed by atoms with Crippen LogP contribution < -0.4 is 4.90 Å². The zero-order chi connectivity index (χ0) is 18.3. The lowest BCUT2D eigenvalue weighted by Crippen LogP contribution is -2.55. The third-order valence-corrected chi connectivity index (χ3v) is 6.10. The molecule has 1 saturated heterocycles. The number of fused-ring (bicyclic) bond motifs is 2. The number of aliphatic carboxylic acids is 1. The number of hydrogen-bond donors (Lipinski definition) is 1. The third-order valence-electron chi connectivity index (χ3n) is 6.10. The van der Waals surface area contributed by atoms with Crippen molar-refractivity contribution in [3.8, 4) is 0 Å². The molecule has 5 rings (SSSR count). The van der Waals surface area contributed by atoms with E-state index in [4.69, 9.17) is 0 Å². The van der Waals surface area contributed by atoms with E-state index in [0.717, 1.165) is 12.8 Å². The van der Waals surface area contributed by atoms with E-state index in [0.29, 0.717) is 31.9 Å². The van der Waals surface area contributed by atoms with Crippen LogP contribution in [-0.2, 0) is 9.59 Å². The second-order valence-electron chi connectivity index (χ2n) is 7.44. The second kappa shape index (κ2) is 6.74. The topological polar surface area (TPSA) is 60.9 Å². The maximum Gasteiger partial charge on any atom is 0.307 e. The van der Waals surface area contributed by atoms with Crippen molar-refractivity contribution in [1.29, 1.82) is 0 Å². The Hall–Kier alpha value is -2.37. The Kier molecular flexibility index (Phi) is 4.42. The summed E-state index contributed by atoms with van der Waals surface area (Å²) in [7, 11) is 0. The summed E-state index contributed by atoms with van der Waals surface area (Å²) >= 11 is 0. The number of benzene rings is 1. The molecule has 0 radical (unpaired) electrons. The molecule has 0 unspecified atom stereocenters. The molecule has 138 valence electrons. The van der Waals surface area contributed by atoms with Gasteiger partial charge in [-0.3, -0.25) is 9.59 Å². The first-order valence-corrected chi connectivity index (χ1v) is 9.25. The summed E-state index contributed by atoms with van der Waals surface area (Å²) < 4.78 is 14.0. The third kappa shape index (κ3) is 2.87. The zero-order valence-electron chi connectivity index (χ0n) is 14.6. The van der Waals surface area contributed by atoms with E-state index < -0.39 is 17.8 Å². The highest BCUT2D eigenvalue weighted by Gasteiger charge is 2.49. The van der Waals surface area contributed by atoms with E-state index >= 15 is 0 Å². The molecular formula is C20H23FN2O3. The van der Waals surface area contributed by atoms with Gasteiger partial charge < -0.3 is 14.9 Å². The number of anilines is 1. The Labute approximate surface area is 152 Å². The predicted octanol–water partition coefficient (Wildman–Crippen LogP) is 2.39. The van der Waals surface area contributed by atoms with Crippen LogP contribution in [0.4, 0.5) is 10.1 Å². The van der Waals surface area contributed by atoms with Gasteiger partial charge in [-0.1, -0.05) is 24.3 Å². The van der Waals surface area contributed by atoms with Crippen molar-refractivity contribution in [2.24, 2.45) is 23.7 Å². The van der Waals surface area contributed by atoms with Crippen molar-refractivity contribution in [3.05, 3.63) is 42.2 Å². The molecule has 1 aromatic rings. The van der Waals surface area contributed by atoms with E-state index in [2.05, 4.69) is 0 Å². The Morgan fingerprint density at radius 2 is 1.58 bits per heavy atom. The number of para-hydroxylation sites is 1. The summed E-state index contributed by atoms with van der Waals surface area (Å²) in [6.45, 7) is 2.11. The summed E-state index contributed by atoms with van der Waals surface area (Å²) in [5.74, 6) is -2.26. The molecule has 4 atom stereocenters. The summed E-state index contributed by atoms with van der Waals surface area (Å²) in [5, 5.41) is 9.64. The predicted molar refractivity (Wildman–Crippen MR) is 95.2 cm³/mol. The van der Waals surface area contributed by atoms with Gasteiger partial charge in [-0.2, -0.15) is 0 Å². The van der Waals surface area contributed by atoms with Gasteiger partial charge in [0.25, 0.3) is 0 Å². The summed E-state index contributed by atoms with van der Waals surface area (Å²) in [6, 6.07) is 6.66. The highest BCUT2D eigenvalue weighted by molar-refractivity contribution is 5.86. The Balaban J connectivity index is 1.46. The van der Waals surface area contributed by atoms with Gasteiger partial charge in [0.05, 0.1) is 17.5 Å². The second-order valence-corrected chi connectivity index (χ2v) is 7.44. The normalized spacial score (nSPS) is 30.5. The first kappa shape index (κ1) is 17.1. The number of carbonyl (C=O) groups excluding carboxylic acids is 1. The lowest BCUT2D eigenvalue weighted by atomic mass is 9.62. The van der Waals surface area contributed by atoms with Crippen LogP contribution in [0.1, 0.15) is 12.8 Å². The van der Waals surface area contributed by atoms with E-state index in [1.165, 1.54) is 6.07 Å². The van der Waals surface area contributed by atoms with Gasteiger partial charge in [-0.15, -0.1) is 0 Å². The molecule has 1 amide bonds. The molecule has 1 saturated carbocycles. The molecule has 1 aromatic carbocycles. The summed E-state index contributed by atoms with van der Waals surface area (Å²) in [5.41, 5.74) is 0.558. The van der Waals surface area contributed by atoms with Crippen molar-refractivity contribution in [2.75, 3.05) is 31.1 Å². The zero-order valence-corrected chi connectivity index (χ0v) is 14.6. The first-order chi connectivity index (χ1) is 12.6.